The largest absolute Gasteiger partial charge is 0.358 e. The van der Waals surface area contributed by atoms with Gasteiger partial charge in [-0.05, 0) is 31.4 Å². The van der Waals surface area contributed by atoms with Crippen molar-refractivity contribution in [3.05, 3.63) is 35.0 Å². The summed E-state index contributed by atoms with van der Waals surface area (Å²) in [4.78, 5) is 3.45. The summed E-state index contributed by atoms with van der Waals surface area (Å²) in [5.41, 5.74) is 5.40. The Bertz CT molecular complexity index is 438. The molecular weight excluding hydrogens is 158 g/mol. The Morgan fingerprint density at radius 2 is 2.00 bits per heavy atom. The van der Waals surface area contributed by atoms with Crippen LogP contribution in [0.1, 0.15) is 23.7 Å². The molecule has 0 amide bonds. The highest BCUT2D eigenvalue weighted by molar-refractivity contribution is 5.87. The van der Waals surface area contributed by atoms with E-state index in [9.17, 15) is 0 Å². The average Bonchev–Trinajstić information content (AvgIpc) is 2.43. The molecule has 0 bridgehead atoms. The summed E-state index contributed by atoms with van der Waals surface area (Å²) in [6.45, 7) is 6.50. The molecule has 0 aliphatic carbocycles. The standard InChI is InChI=1S/C12H15N/c1-4-10-6-5-7-11-8(2)9(3)13-12(10)11/h5-7,13H,4H2,1-3H3. The molecule has 0 aliphatic heterocycles. The summed E-state index contributed by atoms with van der Waals surface area (Å²) < 4.78 is 0. The molecular formula is C12H15N. The van der Waals surface area contributed by atoms with E-state index in [2.05, 4.69) is 44.0 Å². The smallest absolute Gasteiger partial charge is 0.0491 e. The number of benzene rings is 1. The zero-order valence-corrected chi connectivity index (χ0v) is 8.44. The molecule has 1 N–H and O–H groups in total. The van der Waals surface area contributed by atoms with Crippen molar-refractivity contribution in [3.63, 3.8) is 0 Å². The molecule has 0 unspecified atom stereocenters. The van der Waals surface area contributed by atoms with Crippen LogP contribution in [0.2, 0.25) is 0 Å². The Hall–Kier alpha value is -1.24. The molecule has 2 aromatic rings. The number of aryl methyl sites for hydroxylation is 3. The predicted octanol–water partition coefficient (Wildman–Crippen LogP) is 3.35. The van der Waals surface area contributed by atoms with Gasteiger partial charge in [0.25, 0.3) is 0 Å². The van der Waals surface area contributed by atoms with Crippen molar-refractivity contribution >= 4 is 10.9 Å². The summed E-state index contributed by atoms with van der Waals surface area (Å²) in [5.74, 6) is 0. The molecule has 2 rings (SSSR count). The van der Waals surface area contributed by atoms with Gasteiger partial charge in [-0.3, -0.25) is 0 Å². The summed E-state index contributed by atoms with van der Waals surface area (Å²) in [7, 11) is 0. The Labute approximate surface area is 78.8 Å². The first kappa shape index (κ1) is 8.36. The molecule has 1 aromatic heterocycles. The van der Waals surface area contributed by atoms with Crippen LogP contribution in [0, 0.1) is 13.8 Å². The fourth-order valence-electron chi connectivity index (χ4n) is 1.84. The summed E-state index contributed by atoms with van der Waals surface area (Å²) in [6.07, 6.45) is 1.09. The summed E-state index contributed by atoms with van der Waals surface area (Å²) in [6, 6.07) is 6.52. The summed E-state index contributed by atoms with van der Waals surface area (Å²) >= 11 is 0. The molecule has 0 radical (unpaired) electrons. The number of H-pyrrole nitrogens is 1. The predicted molar refractivity (Wildman–Crippen MR) is 57.2 cm³/mol. The second-order valence-corrected chi connectivity index (χ2v) is 3.57. The topological polar surface area (TPSA) is 15.8 Å². The van der Waals surface area contributed by atoms with Gasteiger partial charge >= 0.3 is 0 Å². The molecule has 1 aromatic carbocycles. The highest BCUT2D eigenvalue weighted by atomic mass is 14.7. The van der Waals surface area contributed by atoms with Gasteiger partial charge < -0.3 is 4.98 Å². The molecule has 0 atom stereocenters. The van der Waals surface area contributed by atoms with E-state index in [1.165, 1.54) is 27.7 Å². The van der Waals surface area contributed by atoms with Crippen LogP contribution in [-0.4, -0.2) is 4.98 Å². The molecule has 1 heteroatoms. The zero-order chi connectivity index (χ0) is 9.42. The van der Waals surface area contributed by atoms with Gasteiger partial charge in [0.15, 0.2) is 0 Å². The lowest BCUT2D eigenvalue weighted by molar-refractivity contribution is 1.14. The third-order valence-electron chi connectivity index (χ3n) is 2.81. The van der Waals surface area contributed by atoms with E-state index in [0.717, 1.165) is 6.42 Å². The maximum Gasteiger partial charge on any atom is 0.0491 e. The molecule has 0 saturated carbocycles. The minimum absolute atomic E-state index is 1.09. The fraction of sp³-hybridized carbons (Fsp3) is 0.333. The Morgan fingerprint density at radius 3 is 2.69 bits per heavy atom. The van der Waals surface area contributed by atoms with Crippen LogP contribution >= 0.6 is 0 Å². The number of aromatic nitrogens is 1. The van der Waals surface area contributed by atoms with Crippen molar-refractivity contribution in [2.24, 2.45) is 0 Å². The fourth-order valence-corrected chi connectivity index (χ4v) is 1.84. The normalized spacial score (nSPS) is 11.0. The monoisotopic (exact) mass is 173 g/mol. The van der Waals surface area contributed by atoms with Crippen molar-refractivity contribution < 1.29 is 0 Å². The quantitative estimate of drug-likeness (QED) is 0.680. The number of fused-ring (bicyclic) bond motifs is 1. The summed E-state index contributed by atoms with van der Waals surface area (Å²) in [5, 5.41) is 1.37. The first-order chi connectivity index (χ1) is 6.24. The maximum atomic E-state index is 3.45. The maximum absolute atomic E-state index is 3.45. The molecule has 0 aliphatic rings. The third-order valence-corrected chi connectivity index (χ3v) is 2.81. The van der Waals surface area contributed by atoms with Crippen molar-refractivity contribution in [1.82, 2.24) is 4.98 Å². The number of hydrogen-bond acceptors (Lipinski definition) is 0. The lowest BCUT2D eigenvalue weighted by Gasteiger charge is -1.98. The average molecular weight is 173 g/mol. The number of aromatic amines is 1. The van der Waals surface area contributed by atoms with Gasteiger partial charge in [-0.1, -0.05) is 25.1 Å². The molecule has 0 saturated heterocycles. The lowest BCUT2D eigenvalue weighted by Crippen LogP contribution is -1.81. The van der Waals surface area contributed by atoms with Gasteiger partial charge in [0, 0.05) is 16.6 Å². The number of nitrogens with one attached hydrogen (secondary N) is 1. The van der Waals surface area contributed by atoms with Crippen LogP contribution in [0.15, 0.2) is 18.2 Å². The highest BCUT2D eigenvalue weighted by Crippen LogP contribution is 2.24. The zero-order valence-electron chi connectivity index (χ0n) is 8.44. The molecule has 0 spiro atoms. The Morgan fingerprint density at radius 1 is 1.23 bits per heavy atom. The van der Waals surface area contributed by atoms with Crippen LogP contribution in [-0.2, 0) is 6.42 Å². The van der Waals surface area contributed by atoms with Crippen LogP contribution in [0.25, 0.3) is 10.9 Å². The molecule has 0 fully saturated rings. The van der Waals surface area contributed by atoms with Crippen LogP contribution in [0.4, 0.5) is 0 Å². The van der Waals surface area contributed by atoms with E-state index < -0.39 is 0 Å². The number of rotatable bonds is 1. The van der Waals surface area contributed by atoms with Gasteiger partial charge in [0.05, 0.1) is 0 Å². The van der Waals surface area contributed by atoms with E-state index in [1.54, 1.807) is 0 Å². The van der Waals surface area contributed by atoms with Crippen molar-refractivity contribution in [3.8, 4) is 0 Å². The minimum Gasteiger partial charge on any atom is -0.358 e. The van der Waals surface area contributed by atoms with E-state index in [-0.39, 0.29) is 0 Å². The van der Waals surface area contributed by atoms with E-state index >= 15 is 0 Å². The molecule has 68 valence electrons. The Kier molecular flexibility index (Phi) is 1.87. The van der Waals surface area contributed by atoms with Crippen molar-refractivity contribution in [2.75, 3.05) is 0 Å². The van der Waals surface area contributed by atoms with Gasteiger partial charge in [0.1, 0.15) is 0 Å². The lowest BCUT2D eigenvalue weighted by atomic mass is 10.1. The van der Waals surface area contributed by atoms with E-state index in [0.29, 0.717) is 0 Å². The van der Waals surface area contributed by atoms with Crippen molar-refractivity contribution in [1.29, 1.82) is 0 Å². The van der Waals surface area contributed by atoms with Gasteiger partial charge in [-0.2, -0.15) is 0 Å². The molecule has 13 heavy (non-hydrogen) atoms. The minimum atomic E-state index is 1.09. The van der Waals surface area contributed by atoms with Gasteiger partial charge in [0.2, 0.25) is 0 Å². The molecule has 1 heterocycles. The van der Waals surface area contributed by atoms with Gasteiger partial charge in [-0.15, -0.1) is 0 Å². The van der Waals surface area contributed by atoms with E-state index in [4.69, 9.17) is 0 Å². The Balaban J connectivity index is 2.84. The second kappa shape index (κ2) is 2.91. The highest BCUT2D eigenvalue weighted by Gasteiger charge is 2.05. The number of hydrogen-bond donors (Lipinski definition) is 1. The van der Waals surface area contributed by atoms with Crippen LogP contribution in [0.3, 0.4) is 0 Å². The van der Waals surface area contributed by atoms with Crippen LogP contribution < -0.4 is 0 Å². The SMILES string of the molecule is CCc1cccc2c(C)c(C)[nH]c12. The first-order valence-electron chi connectivity index (χ1n) is 4.80. The van der Waals surface area contributed by atoms with E-state index in [1.807, 2.05) is 0 Å². The second-order valence-electron chi connectivity index (χ2n) is 3.57. The number of para-hydroxylation sites is 1. The van der Waals surface area contributed by atoms with Gasteiger partial charge in [-0.25, -0.2) is 0 Å². The third kappa shape index (κ3) is 1.15. The van der Waals surface area contributed by atoms with Crippen molar-refractivity contribution in [2.45, 2.75) is 27.2 Å². The molecule has 1 nitrogen and oxygen atoms in total. The first-order valence-corrected chi connectivity index (χ1v) is 4.80. The van der Waals surface area contributed by atoms with Crippen LogP contribution in [0.5, 0.6) is 0 Å².